The van der Waals surface area contributed by atoms with Crippen LogP contribution in [0.4, 0.5) is 5.69 Å². The zero-order valence-corrected chi connectivity index (χ0v) is 16.0. The lowest BCUT2D eigenvalue weighted by Crippen LogP contribution is -2.34. The van der Waals surface area contributed by atoms with Crippen molar-refractivity contribution in [2.45, 2.75) is 5.25 Å². The number of nitrogen functional groups attached to an aromatic ring is 1. The average Bonchev–Trinajstić information content (AvgIpc) is 3.11. The van der Waals surface area contributed by atoms with Crippen LogP contribution in [0.1, 0.15) is 26.9 Å². The van der Waals surface area contributed by atoms with Crippen LogP contribution in [0.15, 0.2) is 47.5 Å². The highest BCUT2D eigenvalue weighted by Gasteiger charge is 2.42. The SMILES string of the molecule is C[N+](C(=O)c1ccc[nH]1)=C1C(S(=O)(=O)O)=CC(S(=O)(=O)O)c2cc(N)ccc21. The molecule has 148 valence electrons. The van der Waals surface area contributed by atoms with E-state index in [0.717, 1.165) is 4.58 Å². The Morgan fingerprint density at radius 3 is 2.39 bits per heavy atom. The summed E-state index contributed by atoms with van der Waals surface area (Å²) in [7, 11) is -8.48. The summed E-state index contributed by atoms with van der Waals surface area (Å²) in [5.41, 5.74) is 5.73. The number of amides is 1. The maximum absolute atomic E-state index is 12.7. The maximum Gasteiger partial charge on any atom is 0.436 e. The second-order valence-corrected chi connectivity index (χ2v) is 9.01. The molecule has 1 amide bonds. The molecule has 0 bridgehead atoms. The minimum atomic E-state index is -4.96. The quantitative estimate of drug-likeness (QED) is 0.314. The Morgan fingerprint density at radius 1 is 1.18 bits per heavy atom. The van der Waals surface area contributed by atoms with E-state index < -0.39 is 36.3 Å². The summed E-state index contributed by atoms with van der Waals surface area (Å²) in [6.07, 6.45) is 2.16. The molecule has 5 N–H and O–H groups in total. The molecule has 1 aromatic heterocycles. The maximum atomic E-state index is 12.7. The summed E-state index contributed by atoms with van der Waals surface area (Å²) in [5.74, 6) is -0.636. The fraction of sp³-hybridized carbons (Fsp3) is 0.125. The number of benzene rings is 1. The molecule has 28 heavy (non-hydrogen) atoms. The number of anilines is 1. The van der Waals surface area contributed by atoms with Crippen LogP contribution in [0.25, 0.3) is 0 Å². The van der Waals surface area contributed by atoms with Crippen LogP contribution in [0, 0.1) is 0 Å². The number of nitrogens with one attached hydrogen (secondary N) is 1. The molecule has 3 rings (SSSR count). The summed E-state index contributed by atoms with van der Waals surface area (Å²) < 4.78 is 67.8. The first kappa shape index (κ1) is 19.9. The first-order valence-electron chi connectivity index (χ1n) is 7.75. The van der Waals surface area contributed by atoms with Crippen molar-refractivity contribution < 1.29 is 35.3 Å². The highest BCUT2D eigenvalue weighted by Crippen LogP contribution is 2.36. The topological polar surface area (TPSA) is 171 Å². The van der Waals surface area contributed by atoms with E-state index in [1.165, 1.54) is 37.5 Å². The molecule has 0 fully saturated rings. The number of hydrogen-bond donors (Lipinski definition) is 4. The van der Waals surface area contributed by atoms with E-state index in [0.29, 0.717) is 6.08 Å². The van der Waals surface area contributed by atoms with Crippen LogP contribution in [-0.4, -0.2) is 54.2 Å². The number of rotatable bonds is 3. The normalized spacial score (nSPS) is 19.0. The predicted molar refractivity (Wildman–Crippen MR) is 100 cm³/mol. The molecule has 0 radical (unpaired) electrons. The first-order valence-corrected chi connectivity index (χ1v) is 10.7. The van der Waals surface area contributed by atoms with E-state index in [4.69, 9.17) is 5.73 Å². The molecular formula is C16H16N3O7S2+. The number of H-pyrrole nitrogens is 1. The molecule has 1 unspecified atom stereocenters. The molecule has 2 aromatic rings. The van der Waals surface area contributed by atoms with Crippen molar-refractivity contribution in [3.05, 3.63) is 64.3 Å². The summed E-state index contributed by atoms with van der Waals surface area (Å²) in [4.78, 5) is 14.6. The van der Waals surface area contributed by atoms with Gasteiger partial charge in [0.05, 0.1) is 5.56 Å². The standard InChI is InChI=1S/C16H15N3O7S2/c1-19(16(20)12-3-2-6-18-12)15-10-5-4-9(17)7-11(10)13(27(21,22)23)8-14(15)28(24,25)26/h2-8,13,17H,1H3,(H3,18,20,21,22,23,24,25,26)/p+1. The van der Waals surface area contributed by atoms with Crippen LogP contribution in [0.2, 0.25) is 0 Å². The molecule has 0 saturated carbocycles. The number of fused-ring (bicyclic) bond motifs is 1. The number of carbonyl (C=O) groups is 1. The van der Waals surface area contributed by atoms with Crippen LogP contribution in [0.3, 0.4) is 0 Å². The minimum Gasteiger partial charge on any atom is -0.399 e. The van der Waals surface area contributed by atoms with Crippen molar-refractivity contribution in [3.63, 3.8) is 0 Å². The van der Waals surface area contributed by atoms with Crippen LogP contribution in [0.5, 0.6) is 0 Å². The summed E-state index contributed by atoms with van der Waals surface area (Å²) in [6, 6.07) is 6.96. The molecule has 0 saturated heterocycles. The zero-order valence-electron chi connectivity index (χ0n) is 14.4. The van der Waals surface area contributed by atoms with Gasteiger partial charge in [0.15, 0.2) is 10.6 Å². The Balaban J connectivity index is 2.41. The number of hydrogen-bond acceptors (Lipinski definition) is 6. The Bertz CT molecular complexity index is 1240. The van der Waals surface area contributed by atoms with Gasteiger partial charge in [0.25, 0.3) is 10.1 Å². The summed E-state index contributed by atoms with van der Waals surface area (Å²) in [6.45, 7) is 0. The third-order valence-electron chi connectivity index (χ3n) is 4.24. The largest absolute Gasteiger partial charge is 0.436 e. The van der Waals surface area contributed by atoms with E-state index in [1.54, 1.807) is 6.07 Å². The van der Waals surface area contributed by atoms with Gasteiger partial charge in [-0.1, -0.05) is 0 Å². The smallest absolute Gasteiger partial charge is 0.399 e. The molecule has 1 aromatic carbocycles. The molecule has 1 aliphatic rings. The number of nitrogens with zero attached hydrogens (tertiary/aromatic N) is 1. The number of aromatic nitrogens is 1. The van der Waals surface area contributed by atoms with Gasteiger partial charge in [-0.2, -0.15) is 21.4 Å². The van der Waals surface area contributed by atoms with Crippen molar-refractivity contribution in [2.24, 2.45) is 0 Å². The zero-order chi connectivity index (χ0) is 20.9. The lowest BCUT2D eigenvalue weighted by molar-refractivity contribution is -0.393. The fourth-order valence-corrected chi connectivity index (χ4v) is 4.73. The fourth-order valence-electron chi connectivity index (χ4n) is 3.02. The molecule has 10 nitrogen and oxygen atoms in total. The Labute approximate surface area is 160 Å². The molecule has 1 aliphatic carbocycles. The lowest BCUT2D eigenvalue weighted by Gasteiger charge is -2.21. The molecule has 1 atom stereocenters. The third kappa shape index (κ3) is 3.49. The van der Waals surface area contributed by atoms with Gasteiger partial charge in [-0.25, -0.2) is 4.79 Å². The van der Waals surface area contributed by atoms with Gasteiger partial charge in [-0.3, -0.25) is 9.11 Å². The Kier molecular flexibility index (Phi) is 4.75. The minimum absolute atomic E-state index is 0.00866. The number of allylic oxidation sites excluding steroid dienone is 1. The highest BCUT2D eigenvalue weighted by atomic mass is 32.2. The third-order valence-corrected chi connectivity index (χ3v) is 6.16. The Hall–Kier alpha value is -2.80. The van der Waals surface area contributed by atoms with Crippen LogP contribution in [-0.2, 0) is 20.2 Å². The van der Waals surface area contributed by atoms with Gasteiger partial charge in [-0.15, -0.1) is 0 Å². The van der Waals surface area contributed by atoms with E-state index in [9.17, 15) is 30.7 Å². The van der Waals surface area contributed by atoms with E-state index >= 15 is 0 Å². The number of aromatic amines is 1. The van der Waals surface area contributed by atoms with Crippen molar-refractivity contribution >= 4 is 37.5 Å². The summed E-state index contributed by atoms with van der Waals surface area (Å²) >= 11 is 0. The van der Waals surface area contributed by atoms with Crippen molar-refractivity contribution in [1.29, 1.82) is 0 Å². The number of carbonyl (C=O) groups excluding carboxylic acids is 1. The Morgan fingerprint density at radius 2 is 1.86 bits per heavy atom. The van der Waals surface area contributed by atoms with Crippen LogP contribution >= 0.6 is 0 Å². The number of nitrogens with two attached hydrogens (primary N) is 1. The monoisotopic (exact) mass is 426 g/mol. The van der Waals surface area contributed by atoms with Gasteiger partial charge in [-0.05, 0) is 42.0 Å². The van der Waals surface area contributed by atoms with E-state index in [-0.39, 0.29) is 28.2 Å². The second-order valence-electron chi connectivity index (χ2n) is 6.08. The van der Waals surface area contributed by atoms with Crippen molar-refractivity contribution in [2.75, 3.05) is 12.8 Å². The predicted octanol–water partition coefficient (Wildman–Crippen LogP) is 0.583. The average molecular weight is 426 g/mol. The molecular weight excluding hydrogens is 410 g/mol. The lowest BCUT2D eigenvalue weighted by atomic mass is 9.93. The van der Waals surface area contributed by atoms with Crippen molar-refractivity contribution in [3.8, 4) is 0 Å². The molecule has 0 aliphatic heterocycles. The van der Waals surface area contributed by atoms with Crippen molar-refractivity contribution in [1.82, 2.24) is 4.98 Å². The van der Waals surface area contributed by atoms with Crippen LogP contribution < -0.4 is 5.73 Å². The summed E-state index contributed by atoms with van der Waals surface area (Å²) in [5, 5.41) is -1.79. The second kappa shape index (κ2) is 6.67. The van der Waals surface area contributed by atoms with Gasteiger partial charge >= 0.3 is 16.0 Å². The molecule has 0 spiro atoms. The van der Waals surface area contributed by atoms with E-state index in [1.807, 2.05) is 0 Å². The van der Waals surface area contributed by atoms with Gasteiger partial charge in [0.2, 0.25) is 5.71 Å². The van der Waals surface area contributed by atoms with E-state index in [2.05, 4.69) is 4.98 Å². The molecule has 1 heterocycles. The highest BCUT2D eigenvalue weighted by molar-refractivity contribution is 7.91. The molecule has 12 heteroatoms. The van der Waals surface area contributed by atoms with Gasteiger partial charge in [0.1, 0.15) is 12.3 Å². The first-order chi connectivity index (χ1) is 12.9. The van der Waals surface area contributed by atoms with Gasteiger partial charge < -0.3 is 10.7 Å². The van der Waals surface area contributed by atoms with Gasteiger partial charge in [0, 0.05) is 11.9 Å².